The number of alkyl halides is 3. The first-order valence-electron chi connectivity index (χ1n) is 10.4. The Morgan fingerprint density at radius 2 is 1.94 bits per heavy atom. The lowest BCUT2D eigenvalue weighted by Gasteiger charge is -2.36. The molecule has 1 unspecified atom stereocenters. The van der Waals surface area contributed by atoms with Crippen molar-refractivity contribution in [2.75, 3.05) is 30.4 Å². The molecule has 5 rings (SSSR count). The smallest absolute Gasteiger partial charge is 0.363 e. The lowest BCUT2D eigenvalue weighted by atomic mass is 9.93. The van der Waals surface area contributed by atoms with Crippen molar-refractivity contribution in [1.82, 2.24) is 19.9 Å². The fourth-order valence-corrected chi connectivity index (χ4v) is 4.48. The SMILES string of the molecule is CN(C)c1ccc(C2c3[nH]c4cc(F)c(Cl)cc4c3CCN2c2nccc(C(F)(F)F)n2)cn1. The van der Waals surface area contributed by atoms with Crippen LogP contribution in [0.5, 0.6) is 0 Å². The average Bonchev–Trinajstić information content (AvgIpc) is 3.15. The second-order valence-corrected chi connectivity index (χ2v) is 8.67. The highest BCUT2D eigenvalue weighted by atomic mass is 35.5. The van der Waals surface area contributed by atoms with Crippen molar-refractivity contribution in [3.8, 4) is 0 Å². The van der Waals surface area contributed by atoms with E-state index >= 15 is 0 Å². The zero-order valence-corrected chi connectivity index (χ0v) is 18.9. The number of halogens is 5. The van der Waals surface area contributed by atoms with Crippen LogP contribution < -0.4 is 9.80 Å². The molecule has 0 radical (unpaired) electrons. The number of pyridine rings is 1. The average molecular weight is 491 g/mol. The van der Waals surface area contributed by atoms with Gasteiger partial charge in [-0.2, -0.15) is 13.2 Å². The molecule has 0 saturated carbocycles. The zero-order valence-electron chi connectivity index (χ0n) is 18.2. The van der Waals surface area contributed by atoms with Gasteiger partial charge >= 0.3 is 6.18 Å². The Bertz CT molecular complexity index is 1370. The van der Waals surface area contributed by atoms with Gasteiger partial charge in [-0.3, -0.25) is 0 Å². The molecule has 3 aromatic heterocycles. The third-order valence-electron chi connectivity index (χ3n) is 5.90. The van der Waals surface area contributed by atoms with Gasteiger partial charge in [-0.1, -0.05) is 17.7 Å². The second kappa shape index (κ2) is 8.12. The molecule has 34 heavy (non-hydrogen) atoms. The Balaban J connectivity index is 1.69. The third kappa shape index (κ3) is 3.81. The molecule has 0 fully saturated rings. The minimum atomic E-state index is -4.60. The van der Waals surface area contributed by atoms with E-state index in [1.54, 1.807) is 17.2 Å². The molecular weight excluding hydrogens is 472 g/mol. The highest BCUT2D eigenvalue weighted by Crippen LogP contribution is 2.41. The Kier molecular flexibility index (Phi) is 5.35. The minimum absolute atomic E-state index is 0.00601. The van der Waals surface area contributed by atoms with Crippen LogP contribution in [0, 0.1) is 5.82 Å². The number of nitrogens with zero attached hydrogens (tertiary/aromatic N) is 5. The summed E-state index contributed by atoms with van der Waals surface area (Å²) in [6.45, 7) is 0.344. The topological polar surface area (TPSA) is 60.9 Å². The Morgan fingerprint density at radius 1 is 1.15 bits per heavy atom. The van der Waals surface area contributed by atoms with E-state index in [0.29, 0.717) is 24.2 Å². The van der Waals surface area contributed by atoms with E-state index in [1.165, 1.54) is 6.07 Å². The summed E-state index contributed by atoms with van der Waals surface area (Å²) in [6, 6.07) is 6.86. The molecule has 1 aliphatic rings. The van der Waals surface area contributed by atoms with Crippen LogP contribution >= 0.6 is 11.6 Å². The summed E-state index contributed by atoms with van der Waals surface area (Å²) in [5, 5.41) is 0.778. The molecule has 0 spiro atoms. The van der Waals surface area contributed by atoms with Crippen molar-refractivity contribution >= 4 is 34.3 Å². The highest BCUT2D eigenvalue weighted by Gasteiger charge is 2.37. The molecule has 1 aromatic carbocycles. The van der Waals surface area contributed by atoms with Crippen LogP contribution in [0.1, 0.15) is 28.6 Å². The standard InChI is InChI=1S/C23H19ClF4N6/c1-33(2)19-4-3-12(11-30-19)21-20-13(14-9-15(24)16(25)10-17(14)31-20)6-8-34(21)22-29-7-5-18(32-22)23(26,27)28/h3-5,7,9-11,21,31H,6,8H2,1-2H3. The molecule has 0 aliphatic carbocycles. The molecule has 11 heteroatoms. The molecule has 0 saturated heterocycles. The van der Waals surface area contributed by atoms with Gasteiger partial charge in [-0.05, 0) is 41.8 Å². The molecule has 4 heterocycles. The summed E-state index contributed by atoms with van der Waals surface area (Å²) in [7, 11) is 3.72. The number of nitrogens with one attached hydrogen (secondary N) is 1. The monoisotopic (exact) mass is 490 g/mol. The fraction of sp³-hybridized carbons (Fsp3) is 0.261. The van der Waals surface area contributed by atoms with Crippen molar-refractivity contribution in [3.05, 3.63) is 76.1 Å². The number of benzene rings is 1. The number of aromatic amines is 1. The zero-order chi connectivity index (χ0) is 24.2. The maximum atomic E-state index is 14.1. The van der Waals surface area contributed by atoms with Gasteiger partial charge in [0, 0.05) is 49.6 Å². The first-order valence-corrected chi connectivity index (χ1v) is 10.8. The molecule has 1 aliphatic heterocycles. The van der Waals surface area contributed by atoms with Gasteiger partial charge < -0.3 is 14.8 Å². The molecule has 0 amide bonds. The number of hydrogen-bond acceptors (Lipinski definition) is 5. The van der Waals surface area contributed by atoms with E-state index in [9.17, 15) is 17.6 Å². The molecule has 4 aromatic rings. The number of anilines is 2. The maximum absolute atomic E-state index is 14.1. The van der Waals surface area contributed by atoms with Gasteiger partial charge in [0.1, 0.15) is 17.3 Å². The van der Waals surface area contributed by atoms with Crippen LogP contribution in [0.25, 0.3) is 10.9 Å². The van der Waals surface area contributed by atoms with Gasteiger partial charge in [-0.15, -0.1) is 0 Å². The number of fused-ring (bicyclic) bond motifs is 3. The molecule has 0 bridgehead atoms. The summed E-state index contributed by atoms with van der Waals surface area (Å²) in [6.07, 6.45) is -1.34. The van der Waals surface area contributed by atoms with E-state index in [2.05, 4.69) is 19.9 Å². The van der Waals surface area contributed by atoms with Gasteiger partial charge in [-0.25, -0.2) is 19.3 Å². The fourth-order valence-electron chi connectivity index (χ4n) is 4.32. The summed E-state index contributed by atoms with van der Waals surface area (Å²) < 4.78 is 54.2. The predicted molar refractivity (Wildman–Crippen MR) is 122 cm³/mol. The van der Waals surface area contributed by atoms with Crippen molar-refractivity contribution in [2.45, 2.75) is 18.6 Å². The van der Waals surface area contributed by atoms with Crippen molar-refractivity contribution in [3.63, 3.8) is 0 Å². The largest absolute Gasteiger partial charge is 0.433 e. The van der Waals surface area contributed by atoms with E-state index < -0.39 is 23.7 Å². The predicted octanol–water partition coefficient (Wildman–Crippen LogP) is 5.38. The first kappa shape index (κ1) is 22.4. The van der Waals surface area contributed by atoms with Gasteiger partial charge in [0.25, 0.3) is 0 Å². The molecule has 176 valence electrons. The summed E-state index contributed by atoms with van der Waals surface area (Å²) >= 11 is 6.03. The Hall–Kier alpha value is -3.40. The van der Waals surface area contributed by atoms with Crippen molar-refractivity contribution < 1.29 is 17.6 Å². The normalized spacial score (nSPS) is 16.1. The van der Waals surface area contributed by atoms with Crippen LogP contribution in [0.15, 0.2) is 42.7 Å². The lowest BCUT2D eigenvalue weighted by Crippen LogP contribution is -2.37. The lowest BCUT2D eigenvalue weighted by molar-refractivity contribution is -0.141. The van der Waals surface area contributed by atoms with Crippen LogP contribution in [-0.2, 0) is 12.6 Å². The van der Waals surface area contributed by atoms with Gasteiger partial charge in [0.2, 0.25) is 5.95 Å². The van der Waals surface area contributed by atoms with E-state index in [4.69, 9.17) is 11.6 Å². The molecular formula is C23H19ClF4N6. The quantitative estimate of drug-likeness (QED) is 0.391. The van der Waals surface area contributed by atoms with E-state index in [0.717, 1.165) is 34.6 Å². The van der Waals surface area contributed by atoms with Gasteiger partial charge in [0.05, 0.1) is 11.1 Å². The van der Waals surface area contributed by atoms with E-state index in [-0.39, 0.29) is 11.0 Å². The molecule has 1 N–H and O–H groups in total. The molecule has 6 nitrogen and oxygen atoms in total. The maximum Gasteiger partial charge on any atom is 0.433 e. The first-order chi connectivity index (χ1) is 16.1. The number of H-pyrrole nitrogens is 1. The van der Waals surface area contributed by atoms with Crippen molar-refractivity contribution in [2.24, 2.45) is 0 Å². The van der Waals surface area contributed by atoms with Crippen LogP contribution in [0.2, 0.25) is 5.02 Å². The van der Waals surface area contributed by atoms with E-state index in [1.807, 2.05) is 31.1 Å². The molecule has 1 atom stereocenters. The number of hydrogen-bond donors (Lipinski definition) is 1. The minimum Gasteiger partial charge on any atom is -0.363 e. The Morgan fingerprint density at radius 3 is 2.62 bits per heavy atom. The second-order valence-electron chi connectivity index (χ2n) is 8.26. The summed E-state index contributed by atoms with van der Waals surface area (Å²) in [5.41, 5.74) is 1.89. The van der Waals surface area contributed by atoms with Crippen LogP contribution in [0.4, 0.5) is 29.3 Å². The summed E-state index contributed by atoms with van der Waals surface area (Å²) in [4.78, 5) is 19.2. The highest BCUT2D eigenvalue weighted by molar-refractivity contribution is 6.31. The Labute approximate surface area is 197 Å². The number of rotatable bonds is 3. The van der Waals surface area contributed by atoms with Crippen LogP contribution in [-0.4, -0.2) is 40.6 Å². The summed E-state index contributed by atoms with van der Waals surface area (Å²) in [5.74, 6) is 0.122. The van der Waals surface area contributed by atoms with Gasteiger partial charge in [0.15, 0.2) is 0 Å². The van der Waals surface area contributed by atoms with Crippen LogP contribution in [0.3, 0.4) is 0 Å². The van der Waals surface area contributed by atoms with Crippen molar-refractivity contribution in [1.29, 1.82) is 0 Å². The third-order valence-corrected chi connectivity index (χ3v) is 6.19. The number of aromatic nitrogens is 4.